The molecule has 10 heteroatoms. The van der Waals surface area contributed by atoms with E-state index >= 15 is 0 Å². The van der Waals surface area contributed by atoms with Crippen molar-refractivity contribution in [3.8, 4) is 0 Å². The van der Waals surface area contributed by atoms with E-state index in [4.69, 9.17) is 4.98 Å². The fourth-order valence-electron chi connectivity index (χ4n) is 5.00. The molecule has 33 heavy (non-hydrogen) atoms. The third-order valence-electron chi connectivity index (χ3n) is 6.70. The van der Waals surface area contributed by atoms with Crippen LogP contribution in [0.5, 0.6) is 0 Å². The average Bonchev–Trinajstić information content (AvgIpc) is 3.49. The summed E-state index contributed by atoms with van der Waals surface area (Å²) < 4.78 is 4.86. The van der Waals surface area contributed by atoms with Gasteiger partial charge in [-0.15, -0.1) is 0 Å². The van der Waals surface area contributed by atoms with Gasteiger partial charge < -0.3 is 10.2 Å². The number of anilines is 2. The standard InChI is InChI=1S/C23H31N7O2S/c1-23(2)14-16-15-30(23)21-17(7-8-18(25-21)29-12-5-6-20(29)31)22(32)27-33-19-9-13-28(26-19)11-4-3-10-24-16/h7-9,13,16,24H,3-6,10-12,14-15H2,1-2H3,(H,27,32). The van der Waals surface area contributed by atoms with Gasteiger partial charge in [0.2, 0.25) is 5.91 Å². The maximum Gasteiger partial charge on any atom is 0.265 e. The van der Waals surface area contributed by atoms with Gasteiger partial charge in [0.05, 0.1) is 5.56 Å². The number of amides is 2. The number of aromatic nitrogens is 3. The number of pyridine rings is 1. The molecule has 0 radical (unpaired) electrons. The van der Waals surface area contributed by atoms with Gasteiger partial charge in [-0.25, -0.2) is 4.98 Å². The van der Waals surface area contributed by atoms with Crippen molar-refractivity contribution in [1.82, 2.24) is 24.8 Å². The van der Waals surface area contributed by atoms with Crippen LogP contribution in [-0.2, 0) is 11.3 Å². The Balaban J connectivity index is 1.51. The molecule has 0 aliphatic carbocycles. The molecule has 9 nitrogen and oxygen atoms in total. The molecule has 5 heterocycles. The largest absolute Gasteiger partial charge is 0.349 e. The zero-order valence-corrected chi connectivity index (χ0v) is 20.0. The number of nitrogens with zero attached hydrogens (tertiary/aromatic N) is 5. The van der Waals surface area contributed by atoms with Crippen molar-refractivity contribution in [1.29, 1.82) is 0 Å². The molecule has 2 saturated heterocycles. The summed E-state index contributed by atoms with van der Waals surface area (Å²) in [6.07, 6.45) is 6.41. The van der Waals surface area contributed by atoms with E-state index in [-0.39, 0.29) is 17.4 Å². The van der Waals surface area contributed by atoms with E-state index in [0.29, 0.717) is 36.2 Å². The van der Waals surface area contributed by atoms with Crippen molar-refractivity contribution >= 4 is 35.4 Å². The third kappa shape index (κ3) is 4.59. The summed E-state index contributed by atoms with van der Waals surface area (Å²) in [6.45, 7) is 7.64. The number of fused-ring (bicyclic) bond motifs is 6. The molecule has 2 fully saturated rings. The molecule has 176 valence electrons. The first-order valence-corrected chi connectivity index (χ1v) is 12.6. The van der Waals surface area contributed by atoms with Gasteiger partial charge in [-0.1, -0.05) is 0 Å². The lowest BCUT2D eigenvalue weighted by Crippen LogP contribution is -2.41. The Morgan fingerprint density at radius 3 is 2.82 bits per heavy atom. The number of carbonyl (C=O) groups is 2. The van der Waals surface area contributed by atoms with E-state index in [9.17, 15) is 9.59 Å². The highest BCUT2D eigenvalue weighted by Crippen LogP contribution is 2.36. The minimum Gasteiger partial charge on any atom is -0.349 e. The Morgan fingerprint density at radius 1 is 1.12 bits per heavy atom. The van der Waals surface area contributed by atoms with Gasteiger partial charge in [0.1, 0.15) is 16.7 Å². The van der Waals surface area contributed by atoms with Crippen molar-refractivity contribution in [2.24, 2.45) is 0 Å². The molecule has 2 N–H and O–H groups in total. The van der Waals surface area contributed by atoms with Crippen molar-refractivity contribution in [2.75, 3.05) is 29.4 Å². The van der Waals surface area contributed by atoms with E-state index in [1.807, 2.05) is 16.9 Å². The summed E-state index contributed by atoms with van der Waals surface area (Å²) in [5.74, 6) is 1.14. The van der Waals surface area contributed by atoms with Crippen molar-refractivity contribution in [3.63, 3.8) is 0 Å². The van der Waals surface area contributed by atoms with Crippen LogP contribution < -0.4 is 19.8 Å². The van der Waals surface area contributed by atoms with Crippen LogP contribution in [0.1, 0.15) is 56.3 Å². The van der Waals surface area contributed by atoms with Crippen LogP contribution in [0.15, 0.2) is 29.4 Å². The molecule has 2 aromatic heterocycles. The second kappa shape index (κ2) is 8.98. The number of carbonyl (C=O) groups excluding carboxylic acids is 2. The molecule has 0 spiro atoms. The minimum atomic E-state index is -0.212. The fraction of sp³-hybridized carbons (Fsp3) is 0.565. The highest BCUT2D eigenvalue weighted by atomic mass is 32.2. The van der Waals surface area contributed by atoms with Gasteiger partial charge in [0, 0.05) is 55.8 Å². The van der Waals surface area contributed by atoms with Gasteiger partial charge in [-0.2, -0.15) is 5.10 Å². The molecule has 3 aliphatic rings. The maximum absolute atomic E-state index is 13.3. The van der Waals surface area contributed by atoms with Crippen molar-refractivity contribution in [3.05, 3.63) is 30.0 Å². The lowest BCUT2D eigenvalue weighted by Gasteiger charge is -2.34. The van der Waals surface area contributed by atoms with Crippen LogP contribution in [0.3, 0.4) is 0 Å². The monoisotopic (exact) mass is 469 g/mol. The summed E-state index contributed by atoms with van der Waals surface area (Å²) in [5, 5.41) is 9.00. The molecule has 2 aromatic rings. The molecule has 3 aliphatic heterocycles. The van der Waals surface area contributed by atoms with Crippen LogP contribution in [0.2, 0.25) is 0 Å². The first-order valence-electron chi connectivity index (χ1n) is 11.7. The van der Waals surface area contributed by atoms with E-state index in [0.717, 1.165) is 50.3 Å². The van der Waals surface area contributed by atoms with E-state index < -0.39 is 0 Å². The van der Waals surface area contributed by atoms with E-state index in [2.05, 4.69) is 33.9 Å². The zero-order chi connectivity index (χ0) is 23.0. The fourth-order valence-corrected chi connectivity index (χ4v) is 5.58. The zero-order valence-electron chi connectivity index (χ0n) is 19.2. The highest BCUT2D eigenvalue weighted by molar-refractivity contribution is 7.97. The predicted molar refractivity (Wildman–Crippen MR) is 128 cm³/mol. The second-order valence-electron chi connectivity index (χ2n) is 9.63. The van der Waals surface area contributed by atoms with Crippen molar-refractivity contribution in [2.45, 2.75) is 69.1 Å². The number of nitrogens with one attached hydrogen (secondary N) is 2. The average molecular weight is 470 g/mol. The SMILES string of the molecule is CC1(C)CC2CN1c1nc(N3CCCC3=O)ccc1C(=O)NSc1ccn(n1)CCCCN2. The van der Waals surface area contributed by atoms with E-state index in [1.54, 1.807) is 17.0 Å². The van der Waals surface area contributed by atoms with Gasteiger partial charge in [-0.05, 0) is 64.3 Å². The normalized spacial score (nSPS) is 23.5. The van der Waals surface area contributed by atoms with Gasteiger partial charge >= 0.3 is 0 Å². The smallest absolute Gasteiger partial charge is 0.265 e. The van der Waals surface area contributed by atoms with Crippen LogP contribution in [0, 0.1) is 0 Å². The predicted octanol–water partition coefficient (Wildman–Crippen LogP) is 2.58. The van der Waals surface area contributed by atoms with Gasteiger partial charge in [0.25, 0.3) is 5.91 Å². The third-order valence-corrected chi connectivity index (χ3v) is 7.42. The van der Waals surface area contributed by atoms with Crippen molar-refractivity contribution < 1.29 is 9.59 Å². The minimum absolute atomic E-state index is 0.0893. The van der Waals surface area contributed by atoms with Crippen LogP contribution in [0.25, 0.3) is 0 Å². The maximum atomic E-state index is 13.3. The number of rotatable bonds is 1. The molecular formula is C23H31N7O2S. The molecular weight excluding hydrogens is 438 g/mol. The Labute approximate surface area is 198 Å². The number of hydrogen-bond acceptors (Lipinski definition) is 7. The summed E-state index contributed by atoms with van der Waals surface area (Å²) in [6, 6.07) is 5.82. The highest BCUT2D eigenvalue weighted by Gasteiger charge is 2.41. The van der Waals surface area contributed by atoms with E-state index in [1.165, 1.54) is 11.9 Å². The summed E-state index contributed by atoms with van der Waals surface area (Å²) in [5.41, 5.74) is 0.338. The second-order valence-corrected chi connectivity index (χ2v) is 10.5. The molecule has 1 unspecified atom stereocenters. The summed E-state index contributed by atoms with van der Waals surface area (Å²) in [7, 11) is 0. The number of aryl methyl sites for hydroxylation is 1. The molecule has 4 bridgehead atoms. The first kappa shape index (κ1) is 22.2. The Morgan fingerprint density at radius 2 is 2.00 bits per heavy atom. The molecule has 5 rings (SSSR count). The first-order chi connectivity index (χ1) is 15.9. The molecule has 0 saturated carbocycles. The number of hydrogen-bond donors (Lipinski definition) is 2. The van der Waals surface area contributed by atoms with Gasteiger partial charge in [-0.3, -0.25) is 23.9 Å². The molecule has 1 atom stereocenters. The lowest BCUT2D eigenvalue weighted by molar-refractivity contribution is -0.117. The Bertz CT molecular complexity index is 1050. The summed E-state index contributed by atoms with van der Waals surface area (Å²) in [4.78, 5) is 34.5. The quantitative estimate of drug-likeness (QED) is 0.620. The summed E-state index contributed by atoms with van der Waals surface area (Å²) >= 11 is 1.22. The van der Waals surface area contributed by atoms with Crippen LogP contribution >= 0.6 is 11.9 Å². The molecule has 2 amide bonds. The van der Waals surface area contributed by atoms with Crippen LogP contribution in [0.4, 0.5) is 11.6 Å². The topological polar surface area (TPSA) is 95.4 Å². The Kier molecular flexibility index (Phi) is 6.05. The lowest BCUT2D eigenvalue weighted by atomic mass is 9.99. The molecule has 0 aromatic carbocycles. The van der Waals surface area contributed by atoms with Gasteiger partial charge in [0.15, 0.2) is 0 Å². The van der Waals surface area contributed by atoms with Crippen LogP contribution in [-0.4, -0.2) is 57.8 Å². The Hall–Kier alpha value is -2.59.